The molecule has 2 N–H and O–H groups in total. The summed E-state index contributed by atoms with van der Waals surface area (Å²) in [6, 6.07) is 3.46. The minimum absolute atomic E-state index is 0.476. The highest BCUT2D eigenvalue weighted by Gasteiger charge is 2.17. The molecular weight excluding hydrogens is 397 g/mol. The van der Waals surface area contributed by atoms with E-state index in [4.69, 9.17) is 14.8 Å². The summed E-state index contributed by atoms with van der Waals surface area (Å²) < 4.78 is 6.80. The molecule has 0 aliphatic heterocycles. The summed E-state index contributed by atoms with van der Waals surface area (Å²) in [7, 11) is 0.0988. The molecule has 0 atom stereocenters. The molecule has 0 saturated heterocycles. The Kier molecular flexibility index (Phi) is 4.27. The van der Waals surface area contributed by atoms with Crippen molar-refractivity contribution in [3.05, 3.63) is 19.3 Å². The molecule has 0 heterocycles. The first-order valence-corrected chi connectivity index (χ1v) is 5.61. The molecule has 3 nitrogen and oxygen atoms in total. The number of benzene rings is 1. The summed E-state index contributed by atoms with van der Waals surface area (Å²) >= 11 is 4.19. The molecule has 0 amide bonds. The van der Waals surface area contributed by atoms with E-state index in [0.717, 1.165) is 7.14 Å². The highest BCUT2D eigenvalue weighted by atomic mass is 127. The SMILES string of the molecule is COc1cc(I)c(I)c(B(O)O)c1. The second-order valence-electron chi connectivity index (χ2n) is 2.39. The zero-order valence-electron chi connectivity index (χ0n) is 6.79. The number of halogens is 2. The third-order valence-corrected chi connectivity index (χ3v) is 4.63. The topological polar surface area (TPSA) is 49.7 Å². The van der Waals surface area contributed by atoms with Crippen molar-refractivity contribution in [2.24, 2.45) is 0 Å². The van der Waals surface area contributed by atoms with Crippen LogP contribution in [0.2, 0.25) is 0 Å². The van der Waals surface area contributed by atoms with Crippen molar-refractivity contribution in [1.29, 1.82) is 0 Å². The Morgan fingerprint density at radius 2 is 1.92 bits per heavy atom. The van der Waals surface area contributed by atoms with E-state index in [0.29, 0.717) is 11.2 Å². The fraction of sp³-hybridized carbons (Fsp3) is 0.143. The summed E-state index contributed by atoms with van der Waals surface area (Å²) in [5.41, 5.74) is 0.476. The van der Waals surface area contributed by atoms with E-state index in [9.17, 15) is 0 Å². The van der Waals surface area contributed by atoms with Crippen LogP contribution in [0, 0.1) is 7.14 Å². The van der Waals surface area contributed by atoms with Gasteiger partial charge in [0.15, 0.2) is 0 Å². The molecule has 1 aromatic rings. The molecule has 0 aliphatic rings. The van der Waals surface area contributed by atoms with Gasteiger partial charge < -0.3 is 14.8 Å². The third kappa shape index (κ3) is 2.70. The molecule has 0 unspecified atom stereocenters. The Morgan fingerprint density at radius 1 is 1.31 bits per heavy atom. The average molecular weight is 404 g/mol. The summed E-state index contributed by atoms with van der Waals surface area (Å²) in [4.78, 5) is 0. The molecule has 0 radical (unpaired) electrons. The van der Waals surface area contributed by atoms with Crippen molar-refractivity contribution >= 4 is 57.8 Å². The van der Waals surface area contributed by atoms with E-state index in [2.05, 4.69) is 45.2 Å². The van der Waals surface area contributed by atoms with Crippen LogP contribution in [-0.2, 0) is 0 Å². The Hall–Kier alpha value is 0.465. The molecule has 70 valence electrons. The van der Waals surface area contributed by atoms with Gasteiger partial charge in [0.25, 0.3) is 0 Å². The predicted octanol–water partition coefficient (Wildman–Crippen LogP) is 0.584. The fourth-order valence-electron chi connectivity index (χ4n) is 0.890. The van der Waals surface area contributed by atoms with Crippen LogP contribution in [0.5, 0.6) is 5.75 Å². The predicted molar refractivity (Wildman–Crippen MR) is 68.3 cm³/mol. The first-order valence-electron chi connectivity index (χ1n) is 3.45. The summed E-state index contributed by atoms with van der Waals surface area (Å²) in [5.74, 6) is 0.632. The van der Waals surface area contributed by atoms with Gasteiger partial charge in [-0.15, -0.1) is 0 Å². The Balaban J connectivity index is 3.25. The molecule has 6 heteroatoms. The monoisotopic (exact) mass is 404 g/mol. The van der Waals surface area contributed by atoms with Crippen LogP contribution >= 0.6 is 45.2 Å². The van der Waals surface area contributed by atoms with Gasteiger partial charge in [0.05, 0.1) is 7.11 Å². The van der Waals surface area contributed by atoms with Gasteiger partial charge in [0.1, 0.15) is 5.75 Å². The van der Waals surface area contributed by atoms with E-state index in [1.54, 1.807) is 13.2 Å². The largest absolute Gasteiger partial charge is 0.497 e. The van der Waals surface area contributed by atoms with Gasteiger partial charge in [-0.3, -0.25) is 0 Å². The van der Waals surface area contributed by atoms with Gasteiger partial charge in [-0.2, -0.15) is 0 Å². The molecule has 1 aromatic carbocycles. The minimum atomic E-state index is -1.45. The van der Waals surface area contributed by atoms with Crippen molar-refractivity contribution in [1.82, 2.24) is 0 Å². The second kappa shape index (κ2) is 4.81. The quantitative estimate of drug-likeness (QED) is 0.561. The zero-order valence-corrected chi connectivity index (χ0v) is 11.1. The van der Waals surface area contributed by atoms with Crippen molar-refractivity contribution < 1.29 is 14.8 Å². The molecular formula is C7H7BI2O3. The minimum Gasteiger partial charge on any atom is -0.497 e. The van der Waals surface area contributed by atoms with E-state index >= 15 is 0 Å². The molecule has 0 aromatic heterocycles. The van der Waals surface area contributed by atoms with Crippen molar-refractivity contribution in [3.8, 4) is 5.75 Å². The number of hydrogen-bond acceptors (Lipinski definition) is 3. The van der Waals surface area contributed by atoms with Crippen molar-refractivity contribution in [2.75, 3.05) is 7.11 Å². The Bertz CT molecular complexity index is 317. The standard InChI is InChI=1S/C7H7BI2O3/c1-13-4-2-5(8(11)12)7(10)6(9)3-4/h2-3,11-12H,1H3. The van der Waals surface area contributed by atoms with Crippen LogP contribution in [0.15, 0.2) is 12.1 Å². The van der Waals surface area contributed by atoms with Crippen LogP contribution in [0.25, 0.3) is 0 Å². The van der Waals surface area contributed by atoms with E-state index in [1.807, 2.05) is 6.07 Å². The van der Waals surface area contributed by atoms with Crippen LogP contribution in [0.1, 0.15) is 0 Å². The average Bonchev–Trinajstić information content (AvgIpc) is 2.09. The highest BCUT2D eigenvalue weighted by Crippen LogP contribution is 2.19. The van der Waals surface area contributed by atoms with Gasteiger partial charge in [-0.05, 0) is 57.3 Å². The maximum absolute atomic E-state index is 9.04. The Labute approximate surface area is 104 Å². The summed E-state index contributed by atoms with van der Waals surface area (Å²) in [6.07, 6.45) is 0. The number of rotatable bonds is 2. The molecule has 0 fully saturated rings. The number of hydrogen-bond donors (Lipinski definition) is 2. The smallest absolute Gasteiger partial charge is 0.489 e. The third-order valence-electron chi connectivity index (χ3n) is 1.54. The summed E-state index contributed by atoms with van der Waals surface area (Å²) in [5, 5.41) is 18.1. The first kappa shape index (κ1) is 11.5. The molecule has 0 spiro atoms. The van der Waals surface area contributed by atoms with Gasteiger partial charge in [-0.25, -0.2) is 0 Å². The van der Waals surface area contributed by atoms with E-state index in [-0.39, 0.29) is 0 Å². The Morgan fingerprint density at radius 3 is 2.38 bits per heavy atom. The maximum atomic E-state index is 9.04. The maximum Gasteiger partial charge on any atom is 0.489 e. The lowest BCUT2D eigenvalue weighted by Gasteiger charge is -2.08. The normalized spacial score (nSPS) is 9.92. The van der Waals surface area contributed by atoms with Gasteiger partial charge >= 0.3 is 7.12 Å². The lowest BCUT2D eigenvalue weighted by atomic mass is 9.80. The lowest BCUT2D eigenvalue weighted by molar-refractivity contribution is 0.411. The van der Waals surface area contributed by atoms with Crippen LogP contribution in [-0.4, -0.2) is 24.3 Å². The van der Waals surface area contributed by atoms with Crippen molar-refractivity contribution in [2.45, 2.75) is 0 Å². The van der Waals surface area contributed by atoms with Crippen LogP contribution in [0.3, 0.4) is 0 Å². The first-order chi connectivity index (χ1) is 6.06. The second-order valence-corrected chi connectivity index (χ2v) is 4.63. The zero-order chi connectivity index (χ0) is 10.0. The molecule has 0 saturated carbocycles. The lowest BCUT2D eigenvalue weighted by Crippen LogP contribution is -2.33. The number of ether oxygens (including phenoxy) is 1. The van der Waals surface area contributed by atoms with Crippen LogP contribution in [0.4, 0.5) is 0 Å². The molecule has 1 rings (SSSR count). The van der Waals surface area contributed by atoms with Crippen LogP contribution < -0.4 is 10.2 Å². The van der Waals surface area contributed by atoms with Gasteiger partial charge in [-0.1, -0.05) is 0 Å². The molecule has 13 heavy (non-hydrogen) atoms. The van der Waals surface area contributed by atoms with Gasteiger partial charge in [0, 0.05) is 12.6 Å². The highest BCUT2D eigenvalue weighted by molar-refractivity contribution is 14.1. The fourth-order valence-corrected chi connectivity index (χ4v) is 2.10. The molecule has 0 aliphatic carbocycles. The summed E-state index contributed by atoms with van der Waals surface area (Å²) in [6.45, 7) is 0. The number of methoxy groups -OCH3 is 1. The van der Waals surface area contributed by atoms with Gasteiger partial charge in [0.2, 0.25) is 0 Å². The molecule has 0 bridgehead atoms. The van der Waals surface area contributed by atoms with E-state index in [1.165, 1.54) is 0 Å². The van der Waals surface area contributed by atoms with E-state index < -0.39 is 7.12 Å². The van der Waals surface area contributed by atoms with Crippen molar-refractivity contribution in [3.63, 3.8) is 0 Å².